The molecule has 0 aliphatic rings. The third kappa shape index (κ3) is 5.57. The predicted molar refractivity (Wildman–Crippen MR) is 57.9 cm³/mol. The van der Waals surface area contributed by atoms with Gasteiger partial charge in [-0.1, -0.05) is 13.0 Å². The molecule has 0 rings (SSSR count). The highest BCUT2D eigenvalue weighted by Crippen LogP contribution is 2.29. The van der Waals surface area contributed by atoms with Crippen LogP contribution in [0.2, 0.25) is 0 Å². The minimum atomic E-state index is 1.17. The number of rotatable bonds is 5. The third-order valence-corrected chi connectivity index (χ3v) is 4.29. The van der Waals surface area contributed by atoms with Gasteiger partial charge in [-0.05, 0) is 18.9 Å². The molecule has 0 saturated carbocycles. The Labute approximate surface area is 76.6 Å². The standard InChI is InChI=1S/C7H14S3/c1-4-7(9-5-2)10-6-8-3/h4H,5-6H2,1-3H3/b7-4-. The molecule has 0 nitrogen and oxygen atoms in total. The van der Waals surface area contributed by atoms with Crippen molar-refractivity contribution in [1.29, 1.82) is 0 Å². The van der Waals surface area contributed by atoms with E-state index in [1.807, 2.05) is 35.3 Å². The summed E-state index contributed by atoms with van der Waals surface area (Å²) in [6.07, 6.45) is 4.33. The van der Waals surface area contributed by atoms with E-state index in [1.54, 1.807) is 0 Å². The molecule has 0 unspecified atom stereocenters. The Kier molecular flexibility index (Phi) is 8.52. The number of hydrogen-bond acceptors (Lipinski definition) is 3. The van der Waals surface area contributed by atoms with Crippen molar-refractivity contribution in [2.24, 2.45) is 0 Å². The summed E-state index contributed by atoms with van der Waals surface area (Å²) in [4.78, 5) is 0. The summed E-state index contributed by atoms with van der Waals surface area (Å²) in [7, 11) is 0. The van der Waals surface area contributed by atoms with Crippen molar-refractivity contribution in [3.8, 4) is 0 Å². The van der Waals surface area contributed by atoms with Gasteiger partial charge in [0.05, 0.1) is 0 Å². The molecular formula is C7H14S3. The van der Waals surface area contributed by atoms with Gasteiger partial charge in [-0.2, -0.15) is 11.8 Å². The first-order valence-electron chi connectivity index (χ1n) is 3.26. The summed E-state index contributed by atoms with van der Waals surface area (Å²) in [6, 6.07) is 0. The van der Waals surface area contributed by atoms with Crippen molar-refractivity contribution < 1.29 is 0 Å². The molecule has 0 atom stereocenters. The molecule has 10 heavy (non-hydrogen) atoms. The molecule has 0 N–H and O–H groups in total. The van der Waals surface area contributed by atoms with E-state index < -0.39 is 0 Å². The summed E-state index contributed by atoms with van der Waals surface area (Å²) in [5.41, 5.74) is 0. The summed E-state index contributed by atoms with van der Waals surface area (Å²) in [5.74, 6) is 1.18. The topological polar surface area (TPSA) is 0 Å². The Bertz CT molecular complexity index is 99.0. The van der Waals surface area contributed by atoms with E-state index in [0.29, 0.717) is 0 Å². The van der Waals surface area contributed by atoms with Gasteiger partial charge in [-0.3, -0.25) is 0 Å². The second-order valence-corrected chi connectivity index (χ2v) is 5.40. The van der Waals surface area contributed by atoms with Crippen LogP contribution in [0.5, 0.6) is 0 Å². The highest BCUT2D eigenvalue weighted by Gasteiger charge is 1.93. The quantitative estimate of drug-likeness (QED) is 0.613. The second kappa shape index (κ2) is 7.89. The normalized spacial score (nSPS) is 12.1. The van der Waals surface area contributed by atoms with Gasteiger partial charge in [0.25, 0.3) is 0 Å². The first-order valence-corrected chi connectivity index (χ1v) is 6.62. The van der Waals surface area contributed by atoms with Crippen LogP contribution in [0.4, 0.5) is 0 Å². The lowest BCUT2D eigenvalue weighted by Crippen LogP contribution is -1.72. The Morgan fingerprint density at radius 2 is 2.10 bits per heavy atom. The molecule has 3 heteroatoms. The van der Waals surface area contributed by atoms with E-state index in [-0.39, 0.29) is 0 Å². The van der Waals surface area contributed by atoms with Crippen LogP contribution in [0.25, 0.3) is 0 Å². The molecule has 60 valence electrons. The van der Waals surface area contributed by atoms with Crippen molar-refractivity contribution in [3.63, 3.8) is 0 Å². The first-order chi connectivity index (χ1) is 4.85. The van der Waals surface area contributed by atoms with Crippen LogP contribution >= 0.6 is 35.3 Å². The molecule has 0 aromatic heterocycles. The Balaban J connectivity index is 3.41. The van der Waals surface area contributed by atoms with Crippen LogP contribution in [-0.4, -0.2) is 17.1 Å². The molecule has 0 amide bonds. The SMILES string of the molecule is C/C=C(/SCC)SCSC. The van der Waals surface area contributed by atoms with E-state index in [1.165, 1.54) is 15.1 Å². The minimum Gasteiger partial charge on any atom is -0.154 e. The van der Waals surface area contributed by atoms with E-state index in [2.05, 4.69) is 26.2 Å². The van der Waals surface area contributed by atoms with Gasteiger partial charge >= 0.3 is 0 Å². The van der Waals surface area contributed by atoms with Crippen LogP contribution in [0.3, 0.4) is 0 Å². The third-order valence-electron chi connectivity index (χ3n) is 0.841. The number of allylic oxidation sites excluding steroid dienone is 1. The van der Waals surface area contributed by atoms with Crippen molar-refractivity contribution in [3.05, 3.63) is 10.3 Å². The molecule has 0 spiro atoms. The molecule has 0 aromatic carbocycles. The van der Waals surface area contributed by atoms with Gasteiger partial charge in [0.1, 0.15) is 0 Å². The average Bonchev–Trinajstić information content (AvgIpc) is 1.98. The largest absolute Gasteiger partial charge is 0.154 e. The van der Waals surface area contributed by atoms with Crippen LogP contribution in [0.1, 0.15) is 13.8 Å². The molecule has 0 fully saturated rings. The zero-order chi connectivity index (χ0) is 7.82. The van der Waals surface area contributed by atoms with Gasteiger partial charge < -0.3 is 0 Å². The zero-order valence-corrected chi connectivity index (χ0v) is 9.17. The second-order valence-electron chi connectivity index (χ2n) is 1.59. The van der Waals surface area contributed by atoms with Crippen LogP contribution in [-0.2, 0) is 0 Å². The van der Waals surface area contributed by atoms with Gasteiger partial charge in [0.2, 0.25) is 0 Å². The predicted octanol–water partition coefficient (Wildman–Crippen LogP) is 3.65. The van der Waals surface area contributed by atoms with Crippen molar-refractivity contribution in [1.82, 2.24) is 0 Å². The lowest BCUT2D eigenvalue weighted by molar-refractivity contribution is 1.53. The van der Waals surface area contributed by atoms with Crippen molar-refractivity contribution in [2.45, 2.75) is 13.8 Å². The molecule has 0 radical (unpaired) electrons. The smallest absolute Gasteiger partial charge is 0.0441 e. The average molecular weight is 194 g/mol. The molecule has 0 bridgehead atoms. The van der Waals surface area contributed by atoms with Gasteiger partial charge in [0.15, 0.2) is 0 Å². The highest BCUT2D eigenvalue weighted by molar-refractivity contribution is 8.27. The fraction of sp³-hybridized carbons (Fsp3) is 0.714. The summed E-state index contributed by atoms with van der Waals surface area (Å²) in [5, 5.41) is 1.17. The minimum absolute atomic E-state index is 1.17. The molecular weight excluding hydrogens is 180 g/mol. The maximum absolute atomic E-state index is 2.19. The maximum Gasteiger partial charge on any atom is 0.0441 e. The summed E-state index contributed by atoms with van der Waals surface area (Å²) >= 11 is 5.74. The summed E-state index contributed by atoms with van der Waals surface area (Å²) < 4.78 is 1.46. The first kappa shape index (κ1) is 10.8. The molecule has 0 aliphatic carbocycles. The van der Waals surface area contributed by atoms with E-state index >= 15 is 0 Å². The monoisotopic (exact) mass is 194 g/mol. The van der Waals surface area contributed by atoms with Gasteiger partial charge in [0, 0.05) is 9.32 Å². The van der Waals surface area contributed by atoms with Crippen LogP contribution < -0.4 is 0 Å². The number of thioether (sulfide) groups is 3. The van der Waals surface area contributed by atoms with Crippen molar-refractivity contribution >= 4 is 35.3 Å². The lowest BCUT2D eigenvalue weighted by Gasteiger charge is -2.01. The molecule has 0 aliphatic heterocycles. The summed E-state index contributed by atoms with van der Waals surface area (Å²) in [6.45, 7) is 4.29. The Morgan fingerprint density at radius 3 is 2.50 bits per heavy atom. The molecule has 0 aromatic rings. The van der Waals surface area contributed by atoms with Gasteiger partial charge in [-0.15, -0.1) is 23.5 Å². The van der Waals surface area contributed by atoms with Gasteiger partial charge in [-0.25, -0.2) is 0 Å². The van der Waals surface area contributed by atoms with Crippen molar-refractivity contribution in [2.75, 3.05) is 17.1 Å². The Morgan fingerprint density at radius 1 is 1.40 bits per heavy atom. The van der Waals surface area contributed by atoms with Crippen LogP contribution in [0, 0.1) is 0 Å². The molecule has 0 saturated heterocycles. The molecule has 0 heterocycles. The fourth-order valence-electron chi connectivity index (χ4n) is 0.468. The highest BCUT2D eigenvalue weighted by atomic mass is 32.2. The van der Waals surface area contributed by atoms with E-state index in [4.69, 9.17) is 0 Å². The van der Waals surface area contributed by atoms with Crippen LogP contribution in [0.15, 0.2) is 10.3 Å². The van der Waals surface area contributed by atoms with E-state index in [0.717, 1.165) is 0 Å². The lowest BCUT2D eigenvalue weighted by atomic mass is 10.8. The number of hydrogen-bond donors (Lipinski definition) is 0. The fourth-order valence-corrected chi connectivity index (χ4v) is 3.14. The van der Waals surface area contributed by atoms with E-state index in [9.17, 15) is 0 Å². The zero-order valence-electron chi connectivity index (χ0n) is 6.72. The Hall–Kier alpha value is 0.790. The maximum atomic E-state index is 2.19.